The van der Waals surface area contributed by atoms with Gasteiger partial charge in [0.2, 0.25) is 5.95 Å². The summed E-state index contributed by atoms with van der Waals surface area (Å²) >= 11 is 1.85. The molecule has 17 heavy (non-hydrogen) atoms. The van der Waals surface area contributed by atoms with E-state index in [1.807, 2.05) is 25.7 Å². The Bertz CT molecular complexity index is 360. The number of aliphatic hydroxyl groups excluding tert-OH is 1. The van der Waals surface area contributed by atoms with Gasteiger partial charge in [-0.15, -0.1) is 0 Å². The van der Waals surface area contributed by atoms with Crippen LogP contribution in [0.3, 0.4) is 0 Å². The summed E-state index contributed by atoms with van der Waals surface area (Å²) in [5, 5.41) is 9.08. The number of thioether (sulfide) groups is 1. The first-order valence-corrected chi connectivity index (χ1v) is 7.14. The Balaban J connectivity index is 2.74. The zero-order chi connectivity index (χ0) is 12.8. The molecule has 0 bridgehead atoms. The van der Waals surface area contributed by atoms with Crippen LogP contribution in [0.15, 0.2) is 6.20 Å². The Hall–Kier alpha value is -0.810. The normalized spacial score (nSPS) is 12.5. The molecule has 0 saturated carbocycles. The molecule has 4 nitrogen and oxygen atoms in total. The summed E-state index contributed by atoms with van der Waals surface area (Å²) < 4.78 is 0. The molecule has 1 aromatic heterocycles. The molecular weight excluding hydrogens is 234 g/mol. The lowest BCUT2D eigenvalue weighted by molar-refractivity contribution is 0.280. The Morgan fingerprint density at radius 1 is 1.53 bits per heavy atom. The topological polar surface area (TPSA) is 49.2 Å². The van der Waals surface area contributed by atoms with Crippen molar-refractivity contribution in [1.29, 1.82) is 0 Å². The first-order chi connectivity index (χ1) is 8.10. The van der Waals surface area contributed by atoms with Crippen LogP contribution >= 0.6 is 11.8 Å². The van der Waals surface area contributed by atoms with Gasteiger partial charge in [0.1, 0.15) is 0 Å². The fourth-order valence-corrected chi connectivity index (χ4v) is 2.06. The number of hydrogen-bond donors (Lipinski definition) is 1. The summed E-state index contributed by atoms with van der Waals surface area (Å²) in [6.07, 6.45) is 4.93. The fraction of sp³-hybridized carbons (Fsp3) is 0.667. The molecule has 96 valence electrons. The molecule has 0 fully saturated rings. The highest BCUT2D eigenvalue weighted by atomic mass is 32.2. The minimum Gasteiger partial charge on any atom is -0.392 e. The first kappa shape index (κ1) is 14.3. The SMILES string of the molecule is CSCCC(C)N(C)c1ncc(CO)c(C)n1. The molecule has 1 rings (SSSR count). The second kappa shape index (κ2) is 6.81. The zero-order valence-corrected chi connectivity index (χ0v) is 11.8. The van der Waals surface area contributed by atoms with Crippen molar-refractivity contribution < 1.29 is 5.11 Å². The molecule has 0 aliphatic heterocycles. The van der Waals surface area contributed by atoms with Crippen molar-refractivity contribution in [3.05, 3.63) is 17.5 Å². The molecule has 0 saturated heterocycles. The van der Waals surface area contributed by atoms with Crippen molar-refractivity contribution in [2.24, 2.45) is 0 Å². The highest BCUT2D eigenvalue weighted by Gasteiger charge is 2.13. The van der Waals surface area contributed by atoms with Crippen molar-refractivity contribution in [2.75, 3.05) is 24.0 Å². The minimum atomic E-state index is -0.00213. The van der Waals surface area contributed by atoms with E-state index in [-0.39, 0.29) is 6.61 Å². The van der Waals surface area contributed by atoms with E-state index in [0.717, 1.165) is 29.4 Å². The van der Waals surface area contributed by atoms with E-state index in [1.54, 1.807) is 6.20 Å². The molecule has 0 amide bonds. The fourth-order valence-electron chi connectivity index (χ4n) is 1.48. The van der Waals surface area contributed by atoms with Gasteiger partial charge in [0.15, 0.2) is 0 Å². The van der Waals surface area contributed by atoms with Gasteiger partial charge in [-0.05, 0) is 32.3 Å². The van der Waals surface area contributed by atoms with Crippen LogP contribution in [0.25, 0.3) is 0 Å². The molecular formula is C12H21N3OS. The molecule has 1 aromatic rings. The average Bonchev–Trinajstić information content (AvgIpc) is 2.34. The molecule has 1 N–H and O–H groups in total. The maximum Gasteiger partial charge on any atom is 0.225 e. The monoisotopic (exact) mass is 255 g/mol. The second-order valence-electron chi connectivity index (χ2n) is 4.18. The highest BCUT2D eigenvalue weighted by molar-refractivity contribution is 7.98. The van der Waals surface area contributed by atoms with Crippen molar-refractivity contribution in [2.45, 2.75) is 32.9 Å². The van der Waals surface area contributed by atoms with Gasteiger partial charge < -0.3 is 10.0 Å². The molecule has 5 heteroatoms. The van der Waals surface area contributed by atoms with Gasteiger partial charge in [-0.3, -0.25) is 0 Å². The lowest BCUT2D eigenvalue weighted by Crippen LogP contribution is -2.31. The number of rotatable bonds is 6. The summed E-state index contributed by atoms with van der Waals surface area (Å²) in [6.45, 7) is 4.07. The van der Waals surface area contributed by atoms with Crippen molar-refractivity contribution in [3.63, 3.8) is 0 Å². The van der Waals surface area contributed by atoms with Crippen LogP contribution in [0.5, 0.6) is 0 Å². The van der Waals surface area contributed by atoms with E-state index in [4.69, 9.17) is 5.11 Å². The van der Waals surface area contributed by atoms with Crippen LogP contribution in [-0.4, -0.2) is 40.2 Å². The number of anilines is 1. The Labute approximate surface area is 107 Å². The first-order valence-electron chi connectivity index (χ1n) is 5.75. The molecule has 0 radical (unpaired) electrons. The van der Waals surface area contributed by atoms with Gasteiger partial charge >= 0.3 is 0 Å². The Kier molecular flexibility index (Phi) is 5.71. The standard InChI is InChI=1S/C12H21N3OS/c1-9(5-6-17-4)15(3)12-13-7-11(8-16)10(2)14-12/h7,9,16H,5-6,8H2,1-4H3. The summed E-state index contributed by atoms with van der Waals surface area (Å²) in [7, 11) is 2.01. The van der Waals surface area contributed by atoms with E-state index in [1.165, 1.54) is 0 Å². The summed E-state index contributed by atoms with van der Waals surface area (Å²) in [4.78, 5) is 10.8. The number of hydrogen-bond acceptors (Lipinski definition) is 5. The predicted molar refractivity (Wildman–Crippen MR) is 73.6 cm³/mol. The van der Waals surface area contributed by atoms with Crippen LogP contribution in [0.2, 0.25) is 0 Å². The van der Waals surface area contributed by atoms with Gasteiger partial charge in [0.25, 0.3) is 0 Å². The highest BCUT2D eigenvalue weighted by Crippen LogP contribution is 2.14. The molecule has 0 aliphatic carbocycles. The third-order valence-corrected chi connectivity index (χ3v) is 3.60. The van der Waals surface area contributed by atoms with Crippen molar-refractivity contribution in [1.82, 2.24) is 9.97 Å². The van der Waals surface area contributed by atoms with Crippen LogP contribution < -0.4 is 4.90 Å². The van der Waals surface area contributed by atoms with Gasteiger partial charge in [-0.2, -0.15) is 11.8 Å². The number of aliphatic hydroxyl groups is 1. The van der Waals surface area contributed by atoms with Gasteiger partial charge in [0.05, 0.1) is 6.61 Å². The van der Waals surface area contributed by atoms with Crippen LogP contribution in [0, 0.1) is 6.92 Å². The Morgan fingerprint density at radius 2 is 2.24 bits per heavy atom. The summed E-state index contributed by atoms with van der Waals surface area (Å²) in [6, 6.07) is 0.418. The van der Waals surface area contributed by atoms with E-state index in [0.29, 0.717) is 6.04 Å². The average molecular weight is 255 g/mol. The van der Waals surface area contributed by atoms with Crippen molar-refractivity contribution in [3.8, 4) is 0 Å². The van der Waals surface area contributed by atoms with Crippen LogP contribution in [0.1, 0.15) is 24.6 Å². The molecule has 1 heterocycles. The molecule has 0 aromatic carbocycles. The third-order valence-electron chi connectivity index (χ3n) is 2.96. The van der Waals surface area contributed by atoms with Crippen LogP contribution in [0.4, 0.5) is 5.95 Å². The second-order valence-corrected chi connectivity index (χ2v) is 5.17. The lowest BCUT2D eigenvalue weighted by Gasteiger charge is -2.25. The van der Waals surface area contributed by atoms with Gasteiger partial charge in [-0.25, -0.2) is 9.97 Å². The molecule has 0 spiro atoms. The quantitative estimate of drug-likeness (QED) is 0.840. The largest absolute Gasteiger partial charge is 0.392 e. The lowest BCUT2D eigenvalue weighted by atomic mass is 10.2. The molecule has 1 atom stereocenters. The van der Waals surface area contributed by atoms with Crippen molar-refractivity contribution >= 4 is 17.7 Å². The maximum absolute atomic E-state index is 9.08. The number of aromatic nitrogens is 2. The van der Waals surface area contributed by atoms with E-state index in [2.05, 4.69) is 28.0 Å². The molecule has 0 aliphatic rings. The number of aryl methyl sites for hydroxylation is 1. The molecule has 1 unspecified atom stereocenters. The number of nitrogens with zero attached hydrogens (tertiary/aromatic N) is 3. The van der Waals surface area contributed by atoms with E-state index < -0.39 is 0 Å². The van der Waals surface area contributed by atoms with Gasteiger partial charge in [0, 0.05) is 30.5 Å². The summed E-state index contributed by atoms with van der Waals surface area (Å²) in [5.74, 6) is 1.87. The third kappa shape index (κ3) is 3.85. The van der Waals surface area contributed by atoms with Crippen LogP contribution in [-0.2, 0) is 6.61 Å². The van der Waals surface area contributed by atoms with E-state index >= 15 is 0 Å². The summed E-state index contributed by atoms with van der Waals surface area (Å²) in [5.41, 5.74) is 1.64. The van der Waals surface area contributed by atoms with Gasteiger partial charge in [-0.1, -0.05) is 0 Å². The maximum atomic E-state index is 9.08. The minimum absolute atomic E-state index is 0.00213. The smallest absolute Gasteiger partial charge is 0.225 e. The van der Waals surface area contributed by atoms with E-state index in [9.17, 15) is 0 Å². The zero-order valence-electron chi connectivity index (χ0n) is 11.0. The Morgan fingerprint density at radius 3 is 2.76 bits per heavy atom. The predicted octanol–water partition coefficient (Wildman–Crippen LogP) is 1.86.